The first-order valence-corrected chi connectivity index (χ1v) is 10.3. The van der Waals surface area contributed by atoms with Gasteiger partial charge in [-0.2, -0.15) is 0 Å². The van der Waals surface area contributed by atoms with E-state index in [1.165, 1.54) is 6.07 Å². The number of para-hydroxylation sites is 1. The maximum atomic E-state index is 12.2. The number of rotatable bonds is 7. The Bertz CT molecular complexity index is 1090. The van der Waals surface area contributed by atoms with Crippen LogP contribution in [-0.4, -0.2) is 24.3 Å². The number of nitrogens with one attached hydrogen (secondary N) is 2. The number of ether oxygens (including phenoxy) is 1. The molecule has 2 aromatic carbocycles. The number of furan rings is 1. The van der Waals surface area contributed by atoms with Crippen molar-refractivity contribution in [2.24, 2.45) is 0 Å². The molecule has 2 N–H and O–H groups in total. The van der Waals surface area contributed by atoms with Gasteiger partial charge >= 0.3 is 5.91 Å². The number of hydrazine groups is 1. The first kappa shape index (κ1) is 21.2. The third kappa shape index (κ3) is 5.34. The van der Waals surface area contributed by atoms with E-state index in [9.17, 15) is 14.4 Å². The average Bonchev–Trinajstić information content (AvgIpc) is 3.46. The quantitative estimate of drug-likeness (QED) is 0.558. The van der Waals surface area contributed by atoms with Crippen LogP contribution in [0.25, 0.3) is 0 Å². The van der Waals surface area contributed by atoms with Crippen LogP contribution in [0.5, 0.6) is 5.75 Å². The van der Waals surface area contributed by atoms with Gasteiger partial charge in [0, 0.05) is 18.7 Å². The van der Waals surface area contributed by atoms with Crippen molar-refractivity contribution >= 4 is 23.4 Å². The van der Waals surface area contributed by atoms with Gasteiger partial charge in [0.15, 0.2) is 5.76 Å². The fourth-order valence-corrected chi connectivity index (χ4v) is 3.38. The first-order valence-electron chi connectivity index (χ1n) is 10.3. The van der Waals surface area contributed by atoms with E-state index >= 15 is 0 Å². The predicted octanol–water partition coefficient (Wildman–Crippen LogP) is 2.99. The molecular formula is C24H23N3O5. The van der Waals surface area contributed by atoms with E-state index in [2.05, 4.69) is 10.9 Å². The first-order chi connectivity index (χ1) is 15.6. The van der Waals surface area contributed by atoms with Crippen molar-refractivity contribution in [3.63, 3.8) is 0 Å². The molecule has 0 radical (unpaired) electrons. The highest BCUT2D eigenvalue weighted by Crippen LogP contribution is 2.21. The Labute approximate surface area is 185 Å². The van der Waals surface area contributed by atoms with Gasteiger partial charge in [0.1, 0.15) is 18.1 Å². The van der Waals surface area contributed by atoms with Gasteiger partial charge in [0.05, 0.1) is 6.42 Å². The summed E-state index contributed by atoms with van der Waals surface area (Å²) in [5.74, 6) is 0.432. The topological polar surface area (TPSA) is 101 Å². The Hall–Kier alpha value is -4.07. The highest BCUT2D eigenvalue weighted by molar-refractivity contribution is 5.95. The second-order valence-corrected chi connectivity index (χ2v) is 7.36. The Kier molecular flexibility index (Phi) is 6.50. The van der Waals surface area contributed by atoms with Crippen molar-refractivity contribution < 1.29 is 23.5 Å². The zero-order chi connectivity index (χ0) is 22.3. The molecule has 1 aromatic heterocycles. The van der Waals surface area contributed by atoms with Crippen LogP contribution in [0.3, 0.4) is 0 Å². The minimum atomic E-state index is -0.563. The Morgan fingerprint density at radius 3 is 2.47 bits per heavy atom. The lowest BCUT2D eigenvalue weighted by atomic mass is 10.1. The number of amides is 3. The summed E-state index contributed by atoms with van der Waals surface area (Å²) in [5.41, 5.74) is 6.32. The molecule has 0 saturated carbocycles. The number of anilines is 1. The molecule has 0 aliphatic carbocycles. The maximum absolute atomic E-state index is 12.2. The minimum Gasteiger partial charge on any atom is -0.486 e. The van der Waals surface area contributed by atoms with Crippen molar-refractivity contribution in [1.29, 1.82) is 0 Å². The van der Waals surface area contributed by atoms with E-state index in [-0.39, 0.29) is 30.6 Å². The van der Waals surface area contributed by atoms with Crippen LogP contribution in [0.2, 0.25) is 0 Å². The van der Waals surface area contributed by atoms with Crippen LogP contribution in [0.1, 0.15) is 34.7 Å². The summed E-state index contributed by atoms with van der Waals surface area (Å²) in [6.07, 6.45) is 1.52. The molecule has 3 amide bonds. The fraction of sp³-hybridized carbons (Fsp3) is 0.208. The van der Waals surface area contributed by atoms with E-state index in [0.717, 1.165) is 24.2 Å². The van der Waals surface area contributed by atoms with Gasteiger partial charge in [-0.3, -0.25) is 25.2 Å². The standard InChI is InChI=1S/C24H23N3O5/c28-22(15-17-8-10-18(11-9-17)27-14-4-7-23(27)29)25-26-24(30)21-13-12-20(32-21)16-31-19-5-2-1-3-6-19/h1-3,5-6,8-13H,4,7,14-16H2,(H,25,28)(H,26,30). The summed E-state index contributed by atoms with van der Waals surface area (Å²) in [7, 11) is 0. The van der Waals surface area contributed by atoms with E-state index < -0.39 is 5.91 Å². The molecule has 1 fully saturated rings. The zero-order valence-electron chi connectivity index (χ0n) is 17.4. The predicted molar refractivity (Wildman–Crippen MR) is 117 cm³/mol. The molecule has 1 saturated heterocycles. The van der Waals surface area contributed by atoms with Gasteiger partial charge in [-0.15, -0.1) is 0 Å². The lowest BCUT2D eigenvalue weighted by Gasteiger charge is -2.15. The van der Waals surface area contributed by atoms with Gasteiger partial charge in [-0.05, 0) is 48.4 Å². The van der Waals surface area contributed by atoms with E-state index in [0.29, 0.717) is 17.9 Å². The lowest BCUT2D eigenvalue weighted by molar-refractivity contribution is -0.121. The largest absolute Gasteiger partial charge is 0.486 e. The van der Waals surface area contributed by atoms with Crippen molar-refractivity contribution in [2.45, 2.75) is 25.9 Å². The zero-order valence-corrected chi connectivity index (χ0v) is 17.4. The fourth-order valence-electron chi connectivity index (χ4n) is 3.38. The number of hydrogen-bond acceptors (Lipinski definition) is 5. The number of carbonyl (C=O) groups excluding carboxylic acids is 3. The van der Waals surface area contributed by atoms with Gasteiger partial charge in [-0.1, -0.05) is 30.3 Å². The van der Waals surface area contributed by atoms with Crippen LogP contribution in [0, 0.1) is 0 Å². The number of nitrogens with zero attached hydrogens (tertiary/aromatic N) is 1. The van der Waals surface area contributed by atoms with Gasteiger partial charge in [0.25, 0.3) is 0 Å². The molecule has 3 aromatic rings. The molecule has 4 rings (SSSR count). The van der Waals surface area contributed by atoms with Gasteiger partial charge < -0.3 is 14.1 Å². The molecule has 8 heteroatoms. The van der Waals surface area contributed by atoms with Crippen molar-refractivity contribution in [1.82, 2.24) is 10.9 Å². The second kappa shape index (κ2) is 9.82. The van der Waals surface area contributed by atoms with E-state index in [4.69, 9.17) is 9.15 Å². The lowest BCUT2D eigenvalue weighted by Crippen LogP contribution is -2.42. The maximum Gasteiger partial charge on any atom is 0.305 e. The summed E-state index contributed by atoms with van der Waals surface area (Å²) in [4.78, 5) is 37.9. The highest BCUT2D eigenvalue weighted by atomic mass is 16.5. The van der Waals surface area contributed by atoms with Crippen molar-refractivity contribution in [3.8, 4) is 5.75 Å². The summed E-state index contributed by atoms with van der Waals surface area (Å²) < 4.78 is 11.0. The third-order valence-corrected chi connectivity index (χ3v) is 5.01. The average molecular weight is 433 g/mol. The SMILES string of the molecule is O=C(Cc1ccc(N2CCCC2=O)cc1)NNC(=O)c1ccc(COc2ccccc2)o1. The smallest absolute Gasteiger partial charge is 0.305 e. The molecule has 0 atom stereocenters. The number of benzene rings is 2. The molecule has 0 spiro atoms. The summed E-state index contributed by atoms with van der Waals surface area (Å²) in [5, 5.41) is 0. The monoisotopic (exact) mass is 433 g/mol. The molecule has 32 heavy (non-hydrogen) atoms. The molecule has 1 aliphatic rings. The molecule has 0 bridgehead atoms. The number of hydrogen-bond donors (Lipinski definition) is 2. The van der Waals surface area contributed by atoms with Crippen LogP contribution >= 0.6 is 0 Å². The highest BCUT2D eigenvalue weighted by Gasteiger charge is 2.21. The third-order valence-electron chi connectivity index (χ3n) is 5.01. The normalized spacial score (nSPS) is 13.1. The molecule has 2 heterocycles. The molecule has 164 valence electrons. The van der Waals surface area contributed by atoms with Crippen LogP contribution in [-0.2, 0) is 22.6 Å². The second-order valence-electron chi connectivity index (χ2n) is 7.36. The number of carbonyl (C=O) groups is 3. The summed E-state index contributed by atoms with van der Waals surface area (Å²) in [6.45, 7) is 0.903. The van der Waals surface area contributed by atoms with Crippen LogP contribution in [0.4, 0.5) is 5.69 Å². The Balaban J connectivity index is 1.23. The Morgan fingerprint density at radius 2 is 1.75 bits per heavy atom. The van der Waals surface area contributed by atoms with Gasteiger partial charge in [-0.25, -0.2) is 0 Å². The minimum absolute atomic E-state index is 0.0663. The summed E-state index contributed by atoms with van der Waals surface area (Å²) >= 11 is 0. The summed E-state index contributed by atoms with van der Waals surface area (Å²) in [6, 6.07) is 19.7. The van der Waals surface area contributed by atoms with Crippen molar-refractivity contribution in [2.75, 3.05) is 11.4 Å². The van der Waals surface area contributed by atoms with Crippen LogP contribution < -0.4 is 20.5 Å². The van der Waals surface area contributed by atoms with E-state index in [1.807, 2.05) is 42.5 Å². The van der Waals surface area contributed by atoms with Gasteiger partial charge in [0.2, 0.25) is 11.8 Å². The Morgan fingerprint density at radius 1 is 0.969 bits per heavy atom. The molecular weight excluding hydrogens is 410 g/mol. The van der Waals surface area contributed by atoms with Crippen molar-refractivity contribution in [3.05, 3.63) is 83.8 Å². The van der Waals surface area contributed by atoms with E-state index in [1.54, 1.807) is 23.1 Å². The molecule has 8 nitrogen and oxygen atoms in total. The molecule has 0 unspecified atom stereocenters. The molecule has 1 aliphatic heterocycles. The van der Waals surface area contributed by atoms with Crippen LogP contribution in [0.15, 0.2) is 71.1 Å².